The van der Waals surface area contributed by atoms with Crippen molar-refractivity contribution < 1.29 is 22.2 Å². The van der Waals surface area contributed by atoms with Gasteiger partial charge in [0, 0.05) is 29.1 Å². The van der Waals surface area contributed by atoms with E-state index < -0.39 is 34.2 Å². The smallest absolute Gasteiger partial charge is 0.275 e. The predicted octanol–water partition coefficient (Wildman–Crippen LogP) is 3.78. The van der Waals surface area contributed by atoms with E-state index in [0.29, 0.717) is 0 Å². The first kappa shape index (κ1) is 22.5. The van der Waals surface area contributed by atoms with E-state index in [9.17, 15) is 17.8 Å². The van der Waals surface area contributed by atoms with Crippen molar-refractivity contribution in [2.24, 2.45) is 0 Å². The minimum atomic E-state index is -1.95. The maximum absolute atomic E-state index is 15.0. The van der Waals surface area contributed by atoms with Gasteiger partial charge in [-0.05, 0) is 51.2 Å². The van der Waals surface area contributed by atoms with Gasteiger partial charge in [0.05, 0.1) is 0 Å². The molecule has 1 saturated heterocycles. The van der Waals surface area contributed by atoms with Gasteiger partial charge in [-0.3, -0.25) is 4.79 Å². The van der Waals surface area contributed by atoms with E-state index in [1.807, 2.05) is 7.05 Å². The summed E-state index contributed by atoms with van der Waals surface area (Å²) >= 11 is 5.76. The molecule has 1 aromatic heterocycles. The topological polar surface area (TPSA) is 66.4 Å². The Morgan fingerprint density at radius 2 is 1.97 bits per heavy atom. The maximum Gasteiger partial charge on any atom is 0.275 e. The van der Waals surface area contributed by atoms with Crippen molar-refractivity contribution in [3.8, 4) is 0 Å². The SMILES string of the molecule is CN1CCC(NS(=O)c2cn(/C=C/F)c(C(=O)Nc3cc(F)cc(Cl)c3)c2F)CC1. The molecular weight excluding hydrogens is 441 g/mol. The highest BCUT2D eigenvalue weighted by molar-refractivity contribution is 7.83. The molecule has 1 aromatic carbocycles. The average molecular weight is 461 g/mol. The third-order valence-electron chi connectivity index (χ3n) is 4.68. The Labute approximate surface area is 179 Å². The van der Waals surface area contributed by atoms with Crippen molar-refractivity contribution in [3.63, 3.8) is 0 Å². The Hall–Kier alpha value is -2.14. The molecule has 162 valence electrons. The summed E-state index contributed by atoms with van der Waals surface area (Å²) in [6, 6.07) is 3.25. The number of rotatable bonds is 6. The molecule has 2 aromatic rings. The van der Waals surface area contributed by atoms with E-state index in [4.69, 9.17) is 11.6 Å². The van der Waals surface area contributed by atoms with Gasteiger partial charge in [0.15, 0.2) is 5.82 Å². The molecule has 2 N–H and O–H groups in total. The van der Waals surface area contributed by atoms with Crippen LogP contribution in [0.3, 0.4) is 0 Å². The van der Waals surface area contributed by atoms with Crippen molar-refractivity contribution in [2.75, 3.05) is 25.5 Å². The summed E-state index contributed by atoms with van der Waals surface area (Å²) in [6.45, 7) is 1.62. The van der Waals surface area contributed by atoms with Gasteiger partial charge in [0.1, 0.15) is 33.7 Å². The number of benzene rings is 1. The molecule has 11 heteroatoms. The normalized spacial score (nSPS) is 16.8. The van der Waals surface area contributed by atoms with Gasteiger partial charge in [0.25, 0.3) is 5.91 Å². The Morgan fingerprint density at radius 1 is 1.27 bits per heavy atom. The molecule has 1 atom stereocenters. The molecule has 3 rings (SSSR count). The van der Waals surface area contributed by atoms with E-state index >= 15 is 4.39 Å². The number of nitrogens with zero attached hydrogens (tertiary/aromatic N) is 2. The number of piperidine rings is 1. The number of anilines is 1. The molecule has 30 heavy (non-hydrogen) atoms. The fraction of sp³-hybridized carbons (Fsp3) is 0.316. The Bertz CT molecular complexity index is 970. The number of hydrogen-bond donors (Lipinski definition) is 2. The molecule has 0 aliphatic carbocycles. The van der Waals surface area contributed by atoms with Gasteiger partial charge in [0.2, 0.25) is 0 Å². The standard InChI is InChI=1S/C19H20ClF3N4O2S/c1-26-5-2-14(3-6-26)25-30(29)16-11-27(7-4-21)18(17(16)23)19(28)24-15-9-12(20)8-13(22)10-15/h4,7-11,14,25H,2-3,5-6H2,1H3,(H,24,28)/b7-4+. The van der Waals surface area contributed by atoms with Crippen LogP contribution in [0.4, 0.5) is 18.9 Å². The predicted molar refractivity (Wildman–Crippen MR) is 110 cm³/mol. The fourth-order valence-corrected chi connectivity index (χ4v) is 4.52. The molecular formula is C19H20ClF3N4O2S. The highest BCUT2D eigenvalue weighted by Gasteiger charge is 2.27. The molecule has 1 amide bonds. The van der Waals surface area contributed by atoms with Crippen LogP contribution in [0.1, 0.15) is 23.3 Å². The van der Waals surface area contributed by atoms with Gasteiger partial charge in [-0.15, -0.1) is 0 Å². The van der Waals surface area contributed by atoms with Crippen LogP contribution in [0.15, 0.2) is 35.6 Å². The van der Waals surface area contributed by atoms with Crippen LogP contribution in [-0.2, 0) is 11.0 Å². The molecule has 0 radical (unpaired) electrons. The summed E-state index contributed by atoms with van der Waals surface area (Å²) in [5, 5.41) is 2.35. The van der Waals surface area contributed by atoms with Crippen LogP contribution in [0.2, 0.25) is 5.02 Å². The number of carbonyl (C=O) groups is 1. The summed E-state index contributed by atoms with van der Waals surface area (Å²) in [6.07, 6.45) is 3.49. The first-order valence-corrected chi connectivity index (χ1v) is 10.6. The first-order valence-electron chi connectivity index (χ1n) is 9.09. The molecule has 0 spiro atoms. The lowest BCUT2D eigenvalue weighted by Gasteiger charge is -2.28. The molecule has 0 saturated carbocycles. The first-order chi connectivity index (χ1) is 14.3. The van der Waals surface area contributed by atoms with Crippen LogP contribution in [0.25, 0.3) is 6.20 Å². The van der Waals surface area contributed by atoms with Crippen LogP contribution in [-0.4, -0.2) is 45.8 Å². The van der Waals surface area contributed by atoms with E-state index in [0.717, 1.165) is 55.0 Å². The number of hydrogen-bond acceptors (Lipinski definition) is 3. The zero-order chi connectivity index (χ0) is 21.8. The summed E-state index contributed by atoms with van der Waals surface area (Å²) in [4.78, 5) is 14.4. The van der Waals surface area contributed by atoms with Crippen molar-refractivity contribution >= 4 is 40.4 Å². The zero-order valence-electron chi connectivity index (χ0n) is 16.0. The number of likely N-dealkylation sites (tertiary alicyclic amines) is 1. The Kier molecular flexibility index (Phi) is 7.35. The summed E-state index contributed by atoms with van der Waals surface area (Å²) in [5.41, 5.74) is -0.577. The lowest BCUT2D eigenvalue weighted by Crippen LogP contribution is -2.41. The quantitative estimate of drug-likeness (QED) is 0.689. The average Bonchev–Trinajstić information content (AvgIpc) is 2.99. The largest absolute Gasteiger partial charge is 0.320 e. The van der Waals surface area contributed by atoms with E-state index in [2.05, 4.69) is 14.9 Å². The second-order valence-corrected chi connectivity index (χ2v) is 8.56. The van der Waals surface area contributed by atoms with Crippen LogP contribution in [0.5, 0.6) is 0 Å². The minimum Gasteiger partial charge on any atom is -0.320 e. The van der Waals surface area contributed by atoms with Gasteiger partial charge in [-0.25, -0.2) is 22.1 Å². The Morgan fingerprint density at radius 3 is 2.60 bits per heavy atom. The second-order valence-electron chi connectivity index (χ2n) is 6.91. The van der Waals surface area contributed by atoms with Crippen LogP contribution in [0, 0.1) is 11.6 Å². The van der Waals surface area contributed by atoms with Crippen molar-refractivity contribution in [3.05, 3.63) is 53.1 Å². The molecule has 6 nitrogen and oxygen atoms in total. The summed E-state index contributed by atoms with van der Waals surface area (Å²) < 4.78 is 57.7. The third-order valence-corrected chi connectivity index (χ3v) is 6.13. The van der Waals surface area contributed by atoms with Crippen LogP contribution < -0.4 is 10.0 Å². The fourth-order valence-electron chi connectivity index (χ4n) is 3.16. The lowest BCUT2D eigenvalue weighted by atomic mass is 10.1. The zero-order valence-corrected chi connectivity index (χ0v) is 17.6. The molecule has 1 fully saturated rings. The molecule has 2 heterocycles. The molecule has 1 aliphatic heterocycles. The number of amides is 1. The number of nitrogens with one attached hydrogen (secondary N) is 2. The summed E-state index contributed by atoms with van der Waals surface area (Å²) in [7, 11) is 0.0302. The van der Waals surface area contributed by atoms with E-state index in [-0.39, 0.29) is 28.0 Å². The van der Waals surface area contributed by atoms with Gasteiger partial charge in [-0.2, -0.15) is 0 Å². The van der Waals surface area contributed by atoms with Gasteiger partial charge < -0.3 is 14.8 Å². The van der Waals surface area contributed by atoms with Crippen molar-refractivity contribution in [1.29, 1.82) is 0 Å². The monoisotopic (exact) mass is 460 g/mol. The third kappa shape index (κ3) is 5.31. The highest BCUT2D eigenvalue weighted by atomic mass is 35.5. The van der Waals surface area contributed by atoms with Gasteiger partial charge >= 0.3 is 0 Å². The van der Waals surface area contributed by atoms with E-state index in [1.165, 1.54) is 6.07 Å². The second kappa shape index (κ2) is 9.78. The number of halogens is 4. The molecule has 0 bridgehead atoms. The maximum atomic E-state index is 15.0. The highest BCUT2D eigenvalue weighted by Crippen LogP contribution is 2.23. The minimum absolute atomic E-state index is 0.00602. The van der Waals surface area contributed by atoms with Crippen LogP contribution >= 0.6 is 11.6 Å². The number of aromatic nitrogens is 1. The molecule has 1 unspecified atom stereocenters. The molecule has 1 aliphatic rings. The van der Waals surface area contributed by atoms with Crippen molar-refractivity contribution in [1.82, 2.24) is 14.2 Å². The van der Waals surface area contributed by atoms with Gasteiger partial charge in [-0.1, -0.05) is 11.6 Å². The number of carbonyl (C=O) groups excluding carboxylic acids is 1. The lowest BCUT2D eigenvalue weighted by molar-refractivity contribution is 0.101. The van der Waals surface area contributed by atoms with Crippen molar-refractivity contribution in [2.45, 2.75) is 23.8 Å². The summed E-state index contributed by atoms with van der Waals surface area (Å²) in [5.74, 6) is -2.73. The van der Waals surface area contributed by atoms with E-state index in [1.54, 1.807) is 0 Å². The Balaban J connectivity index is 1.84.